The van der Waals surface area contributed by atoms with E-state index in [1.807, 2.05) is 0 Å². The summed E-state index contributed by atoms with van der Waals surface area (Å²) >= 11 is 0. The fraction of sp³-hybridized carbons (Fsp3) is 0.672. The molecule has 2 aliphatic heterocycles. The minimum absolute atomic E-state index is 0.00625. The molecule has 89 heavy (non-hydrogen) atoms. The Labute approximate surface area is 514 Å². The van der Waals surface area contributed by atoms with Gasteiger partial charge in [-0.3, -0.25) is 57.5 Å². The van der Waals surface area contributed by atoms with E-state index in [1.165, 1.54) is 0 Å². The molecule has 31 nitrogen and oxygen atoms in total. The third kappa shape index (κ3) is 29.7. The van der Waals surface area contributed by atoms with Gasteiger partial charge in [0, 0.05) is 81.7 Å². The lowest BCUT2D eigenvalue weighted by atomic mass is 9.98. The second-order valence-corrected chi connectivity index (χ2v) is 21.5. The Morgan fingerprint density at radius 2 is 0.854 bits per heavy atom. The number of carbonyl (C=O) groups excluding carboxylic acids is 13. The van der Waals surface area contributed by atoms with Crippen molar-refractivity contribution in [2.45, 2.75) is 213 Å². The largest absolute Gasteiger partial charge is 0.463 e. The number of alkyl carbamates (subject to hydrolysis) is 1. The molecule has 4 amide bonds. The lowest BCUT2D eigenvalue weighted by molar-refractivity contribution is -0.308. The third-order valence-electron chi connectivity index (χ3n) is 12.4. The van der Waals surface area contributed by atoms with Gasteiger partial charge in [0.25, 0.3) is 0 Å². The van der Waals surface area contributed by atoms with Crippen LogP contribution in [0.3, 0.4) is 0 Å². The van der Waals surface area contributed by atoms with Gasteiger partial charge in [0.15, 0.2) is 49.2 Å². The van der Waals surface area contributed by atoms with Crippen molar-refractivity contribution in [3.05, 3.63) is 35.9 Å². The van der Waals surface area contributed by atoms with Gasteiger partial charge >= 0.3 is 59.8 Å². The van der Waals surface area contributed by atoms with E-state index in [1.54, 1.807) is 51.1 Å². The summed E-state index contributed by atoms with van der Waals surface area (Å²) < 4.78 is 77.3. The third-order valence-corrected chi connectivity index (χ3v) is 12.4. The lowest BCUT2D eigenvalue weighted by Gasteiger charge is -2.44. The normalized spacial score (nSPS) is 21.9. The number of carbonyl (C=O) groups is 13. The molecule has 4 N–H and O–H groups in total. The van der Waals surface area contributed by atoms with Crippen molar-refractivity contribution in [3.63, 3.8) is 0 Å². The number of esters is 9. The van der Waals surface area contributed by atoms with Crippen LogP contribution in [-0.2, 0) is 130 Å². The molecule has 1 aromatic rings. The van der Waals surface area contributed by atoms with Crippen LogP contribution in [0.15, 0.2) is 30.3 Å². The Bertz CT molecular complexity index is 2560. The summed E-state index contributed by atoms with van der Waals surface area (Å²) in [6, 6.07) is 5.53. The number of amides is 4. The van der Waals surface area contributed by atoms with Crippen LogP contribution < -0.4 is 21.3 Å². The van der Waals surface area contributed by atoms with Crippen molar-refractivity contribution in [1.29, 1.82) is 0 Å². The average molecular weight is 1270 g/mol. The molecular weight excluding hydrogens is 1180 g/mol. The van der Waals surface area contributed by atoms with Crippen LogP contribution in [0.4, 0.5) is 4.79 Å². The van der Waals surface area contributed by atoms with Crippen LogP contribution in [-0.4, -0.2) is 196 Å². The van der Waals surface area contributed by atoms with E-state index in [-0.39, 0.29) is 32.9 Å². The average Bonchev–Trinajstić information content (AvgIpc) is 1.71. The molecule has 0 radical (unpaired) electrons. The highest BCUT2D eigenvalue weighted by atomic mass is 16.7. The topological polar surface area (TPSA) is 399 Å². The Kier molecular flexibility index (Phi) is 32.5. The molecule has 31 heteroatoms. The molecule has 0 spiro atoms. The summed E-state index contributed by atoms with van der Waals surface area (Å²) in [6.07, 6.45) is -14.2. The first-order chi connectivity index (χ1) is 41.9. The van der Waals surface area contributed by atoms with Gasteiger partial charge in [-0.1, -0.05) is 30.3 Å². The molecule has 12 atom stereocenters. The van der Waals surface area contributed by atoms with Crippen molar-refractivity contribution in [1.82, 2.24) is 21.3 Å². The maximum Gasteiger partial charge on any atom is 0.408 e. The highest BCUT2D eigenvalue weighted by molar-refractivity contribution is 5.94. The summed E-state index contributed by atoms with van der Waals surface area (Å²) in [6.45, 7) is 12.4. The predicted octanol–water partition coefficient (Wildman–Crippen LogP) is 1.66. The van der Waals surface area contributed by atoms with Gasteiger partial charge in [-0.05, 0) is 64.9 Å². The van der Waals surface area contributed by atoms with E-state index in [0.717, 1.165) is 55.4 Å². The molecule has 2 aliphatic rings. The second kappa shape index (κ2) is 38.4. The number of benzene rings is 1. The van der Waals surface area contributed by atoms with Crippen LogP contribution in [0.25, 0.3) is 0 Å². The van der Waals surface area contributed by atoms with Crippen molar-refractivity contribution in [3.8, 4) is 0 Å². The lowest BCUT2D eigenvalue weighted by Crippen LogP contribution is -2.63. The molecule has 2 heterocycles. The van der Waals surface area contributed by atoms with Gasteiger partial charge < -0.3 is 87.6 Å². The quantitative estimate of drug-likeness (QED) is 0.0433. The van der Waals surface area contributed by atoms with Gasteiger partial charge in [0.05, 0.1) is 12.8 Å². The molecule has 0 aromatic heterocycles. The number of hydrogen-bond acceptors (Lipinski definition) is 27. The van der Waals surface area contributed by atoms with E-state index in [2.05, 4.69) is 21.3 Å². The van der Waals surface area contributed by atoms with E-state index >= 15 is 0 Å². The van der Waals surface area contributed by atoms with Crippen molar-refractivity contribution in [2.24, 2.45) is 0 Å². The maximum atomic E-state index is 13.8. The highest BCUT2D eigenvalue weighted by Crippen LogP contribution is 2.32. The van der Waals surface area contributed by atoms with Gasteiger partial charge in [-0.2, -0.15) is 0 Å². The van der Waals surface area contributed by atoms with Crippen LogP contribution >= 0.6 is 0 Å². The molecule has 2 saturated heterocycles. The van der Waals surface area contributed by atoms with Crippen LogP contribution in [0.2, 0.25) is 0 Å². The first-order valence-electron chi connectivity index (χ1n) is 28.8. The smallest absolute Gasteiger partial charge is 0.408 e. The zero-order valence-corrected chi connectivity index (χ0v) is 51.9. The molecule has 0 bridgehead atoms. The second-order valence-electron chi connectivity index (χ2n) is 21.5. The Hall–Kier alpha value is -8.03. The number of nitrogens with one attached hydrogen (secondary N) is 4. The minimum atomic E-state index is -1.57. The molecule has 2 fully saturated rings. The summed E-state index contributed by atoms with van der Waals surface area (Å²) in [5.74, 6) is -9.68. The molecule has 0 saturated carbocycles. The number of hydrogen-bond donors (Lipinski definition) is 4. The Morgan fingerprint density at radius 1 is 0.461 bits per heavy atom. The number of rotatable bonds is 34. The summed E-state index contributed by atoms with van der Waals surface area (Å²) in [5.41, 5.74) is -0.383. The monoisotopic (exact) mass is 1270 g/mol. The van der Waals surface area contributed by atoms with Crippen molar-refractivity contribution in [2.75, 3.05) is 39.5 Å². The van der Waals surface area contributed by atoms with Crippen molar-refractivity contribution < 1.29 is 129 Å². The molecule has 0 aliphatic carbocycles. The molecule has 1 aromatic carbocycles. The summed E-state index contributed by atoms with van der Waals surface area (Å²) in [5, 5.41) is 10.2. The number of ether oxygens (including phenoxy) is 14. The first kappa shape index (κ1) is 75.2. The molecule has 3 rings (SSSR count). The minimum Gasteiger partial charge on any atom is -0.463 e. The zero-order chi connectivity index (χ0) is 66.4. The van der Waals surface area contributed by atoms with Gasteiger partial charge in [0.2, 0.25) is 17.7 Å². The maximum absolute atomic E-state index is 13.8. The SMILES string of the molecule is CC(=O)OC[C@H]1O[C@@H](OCCCCCNC(=O)[C@H](CC(=O)OCc2ccccc2)NC(=O)C[C@H](NC(=O)OC(C)(C)C)C(=O)NCCCCCO[C@@H]2O[C@H](COC(C)=O)[C@@H](OC(C)=O)[C@H](OC(C)=O)[C@H]2OC(C)=O)[C@H](OC(C)=O)[C@@H](OC(C)=O)[C@H]1OC(C)=O. The fourth-order valence-corrected chi connectivity index (χ4v) is 8.79. The van der Waals surface area contributed by atoms with E-state index in [9.17, 15) is 62.3 Å². The van der Waals surface area contributed by atoms with Crippen molar-refractivity contribution >= 4 is 77.5 Å². The van der Waals surface area contributed by atoms with Gasteiger partial charge in [-0.15, -0.1) is 0 Å². The molecule has 498 valence electrons. The summed E-state index contributed by atoms with van der Waals surface area (Å²) in [7, 11) is 0. The van der Waals surface area contributed by atoms with Gasteiger partial charge in [-0.25, -0.2) is 4.79 Å². The predicted molar refractivity (Wildman–Crippen MR) is 300 cm³/mol. The molecule has 0 unspecified atom stereocenters. The van der Waals surface area contributed by atoms with Crippen LogP contribution in [0.5, 0.6) is 0 Å². The Morgan fingerprint density at radius 3 is 1.25 bits per heavy atom. The van der Waals surface area contributed by atoms with Gasteiger partial charge in [0.1, 0.15) is 49.7 Å². The standard InChI is InChI=1S/C58H84N4O27/c1-32(63)78-30-43-47(81-34(3)65)49(83-36(5)67)51(85-38(7)69)55(87-43)76-25-19-13-17-23-59-53(73)41(62-57(75)89-58(9,10)11)27-45(71)61-42(28-46(72)80-29-40-21-15-12-16-22-40)54(74)60-24-18-14-20-26-77-56-52(86-39(8)70)50(84-37(6)68)48(82-35(4)66)44(88-56)31-79-33(2)64/h12,15-16,21-22,41-44,47-52,55-56H,13-14,17-20,23-31H2,1-11H3,(H,59,73)(H,60,74)(H,61,71)(H,62,75)/t41-,42-,43+,44+,47+,48-,49-,50-,51+,52+,55+,56+/m0/s1. The van der Waals surface area contributed by atoms with Crippen LogP contribution in [0.1, 0.15) is 133 Å². The zero-order valence-electron chi connectivity index (χ0n) is 51.9. The van der Waals surface area contributed by atoms with E-state index < -0.39 is 183 Å². The van der Waals surface area contributed by atoms with E-state index in [4.69, 9.17) is 66.3 Å². The van der Waals surface area contributed by atoms with E-state index in [0.29, 0.717) is 44.1 Å². The first-order valence-corrected chi connectivity index (χ1v) is 28.8. The summed E-state index contributed by atoms with van der Waals surface area (Å²) in [4.78, 5) is 164. The highest BCUT2D eigenvalue weighted by Gasteiger charge is 2.54. The molecular formula is C58H84N4O27. The van der Waals surface area contributed by atoms with Crippen LogP contribution in [0, 0.1) is 0 Å². The Balaban J connectivity index is 1.69. The number of unbranched alkanes of at least 4 members (excludes halogenated alkanes) is 4. The fourth-order valence-electron chi connectivity index (χ4n) is 8.79.